The van der Waals surface area contributed by atoms with Crippen molar-refractivity contribution >= 4 is 33.9 Å². The molecule has 0 amide bonds. The lowest BCUT2D eigenvalue weighted by molar-refractivity contribution is -0.136. The van der Waals surface area contributed by atoms with Gasteiger partial charge in [0.2, 0.25) is 0 Å². The van der Waals surface area contributed by atoms with E-state index in [0.29, 0.717) is 5.69 Å². The highest BCUT2D eigenvalue weighted by Gasteiger charge is 2.11. The van der Waals surface area contributed by atoms with E-state index in [1.807, 2.05) is 37.3 Å². The Labute approximate surface area is 131 Å². The summed E-state index contributed by atoms with van der Waals surface area (Å²) >= 11 is 0. The van der Waals surface area contributed by atoms with Gasteiger partial charge in [-0.25, -0.2) is 4.79 Å². The lowest BCUT2D eigenvalue weighted by atomic mass is 10.1. The molecule has 0 aliphatic carbocycles. The minimum Gasteiger partial charge on any atom is -0.466 e. The van der Waals surface area contributed by atoms with Crippen LogP contribution in [0.3, 0.4) is 0 Å². The van der Waals surface area contributed by atoms with Gasteiger partial charge in [0.15, 0.2) is 0 Å². The second-order valence-electron chi connectivity index (χ2n) is 4.94. The van der Waals surface area contributed by atoms with Gasteiger partial charge >= 0.3 is 5.97 Å². The maximum Gasteiger partial charge on any atom is 0.340 e. The molecule has 7 heteroatoms. The van der Waals surface area contributed by atoms with Gasteiger partial charge in [0.1, 0.15) is 5.70 Å². The zero-order chi connectivity index (χ0) is 16.4. The van der Waals surface area contributed by atoms with E-state index >= 15 is 0 Å². The standard InChI is InChI=1S/C16H13N5O2/c1-9-15-12(11-5-3-4-6-13(11)19-15)7-10(18-9)8-14(20-21-17)16(22)23-2/h3-8,19H,1-2H3/b14-8-. The Balaban J connectivity index is 2.24. The summed E-state index contributed by atoms with van der Waals surface area (Å²) in [7, 11) is 1.23. The molecular weight excluding hydrogens is 294 g/mol. The zero-order valence-corrected chi connectivity index (χ0v) is 12.6. The number of benzene rings is 1. The Morgan fingerprint density at radius 3 is 2.91 bits per heavy atom. The number of hydrogen-bond acceptors (Lipinski definition) is 4. The van der Waals surface area contributed by atoms with Crippen LogP contribution in [0.4, 0.5) is 0 Å². The third-order valence-electron chi connectivity index (χ3n) is 3.53. The third kappa shape index (κ3) is 2.61. The minimum absolute atomic E-state index is 0.138. The first-order chi connectivity index (χ1) is 11.1. The highest BCUT2D eigenvalue weighted by Crippen LogP contribution is 2.27. The number of nitrogens with one attached hydrogen (secondary N) is 1. The lowest BCUT2D eigenvalue weighted by Crippen LogP contribution is -2.02. The minimum atomic E-state index is -0.707. The molecule has 23 heavy (non-hydrogen) atoms. The fraction of sp³-hybridized carbons (Fsp3) is 0.125. The molecule has 0 unspecified atom stereocenters. The van der Waals surface area contributed by atoms with Crippen LogP contribution in [-0.2, 0) is 9.53 Å². The predicted molar refractivity (Wildman–Crippen MR) is 87.5 cm³/mol. The fourth-order valence-corrected chi connectivity index (χ4v) is 2.52. The highest BCUT2D eigenvalue weighted by molar-refractivity contribution is 6.08. The topological polar surface area (TPSA) is 104 Å². The van der Waals surface area contributed by atoms with E-state index in [4.69, 9.17) is 5.53 Å². The number of rotatable bonds is 3. The number of pyridine rings is 1. The van der Waals surface area contributed by atoms with Crippen molar-refractivity contribution in [2.24, 2.45) is 5.11 Å². The summed E-state index contributed by atoms with van der Waals surface area (Å²) in [6.07, 6.45) is 1.42. The van der Waals surface area contributed by atoms with E-state index < -0.39 is 5.97 Å². The Hall–Kier alpha value is -3.31. The van der Waals surface area contributed by atoms with Crippen LogP contribution in [0, 0.1) is 6.92 Å². The molecule has 0 atom stereocenters. The summed E-state index contributed by atoms with van der Waals surface area (Å²) < 4.78 is 4.60. The normalized spacial score (nSPS) is 11.5. The molecule has 0 bridgehead atoms. The van der Waals surface area contributed by atoms with Gasteiger partial charge in [0.05, 0.1) is 24.0 Å². The molecule has 0 radical (unpaired) electrons. The van der Waals surface area contributed by atoms with E-state index in [2.05, 4.69) is 24.7 Å². The maximum absolute atomic E-state index is 11.6. The molecule has 3 rings (SSSR count). The van der Waals surface area contributed by atoms with Crippen molar-refractivity contribution in [3.63, 3.8) is 0 Å². The first-order valence-electron chi connectivity index (χ1n) is 6.87. The average molecular weight is 307 g/mol. The summed E-state index contributed by atoms with van der Waals surface area (Å²) in [6, 6.07) is 9.76. The number of aromatic amines is 1. The first-order valence-corrected chi connectivity index (χ1v) is 6.87. The van der Waals surface area contributed by atoms with Gasteiger partial charge in [-0.15, -0.1) is 0 Å². The van der Waals surface area contributed by atoms with Crippen molar-refractivity contribution in [1.29, 1.82) is 0 Å². The second-order valence-corrected chi connectivity index (χ2v) is 4.94. The van der Waals surface area contributed by atoms with Crippen LogP contribution in [0.5, 0.6) is 0 Å². The number of azide groups is 1. The van der Waals surface area contributed by atoms with Gasteiger partial charge in [-0.1, -0.05) is 23.3 Å². The molecule has 0 fully saturated rings. The van der Waals surface area contributed by atoms with Crippen LogP contribution >= 0.6 is 0 Å². The van der Waals surface area contributed by atoms with E-state index in [-0.39, 0.29) is 5.70 Å². The number of ether oxygens (including phenoxy) is 1. The third-order valence-corrected chi connectivity index (χ3v) is 3.53. The molecular formula is C16H13N5O2. The molecule has 2 heterocycles. The van der Waals surface area contributed by atoms with Crippen LogP contribution in [-0.4, -0.2) is 23.0 Å². The number of carbonyl (C=O) groups is 1. The van der Waals surface area contributed by atoms with Gasteiger partial charge < -0.3 is 9.72 Å². The molecule has 0 saturated heterocycles. The maximum atomic E-state index is 11.6. The summed E-state index contributed by atoms with van der Waals surface area (Å²) in [5.74, 6) is -0.707. The van der Waals surface area contributed by atoms with E-state index in [1.54, 1.807) is 0 Å². The van der Waals surface area contributed by atoms with Gasteiger partial charge in [0.25, 0.3) is 0 Å². The smallest absolute Gasteiger partial charge is 0.340 e. The number of aryl methyl sites for hydroxylation is 1. The number of esters is 1. The number of hydrogen-bond donors (Lipinski definition) is 1. The number of nitrogens with zero attached hydrogens (tertiary/aromatic N) is 4. The molecule has 0 aliphatic rings. The lowest BCUT2D eigenvalue weighted by Gasteiger charge is -2.02. The van der Waals surface area contributed by atoms with Gasteiger partial charge in [-0.3, -0.25) is 4.98 Å². The number of fused-ring (bicyclic) bond motifs is 3. The van der Waals surface area contributed by atoms with Crippen LogP contribution in [0.25, 0.3) is 38.3 Å². The van der Waals surface area contributed by atoms with Crippen LogP contribution in [0.2, 0.25) is 0 Å². The summed E-state index contributed by atoms with van der Waals surface area (Å²) in [6.45, 7) is 1.88. The molecule has 1 N–H and O–H groups in total. The molecule has 3 aromatic rings. The Kier molecular flexibility index (Phi) is 3.70. The first kappa shape index (κ1) is 14.6. The quantitative estimate of drug-likeness (QED) is 0.261. The van der Waals surface area contributed by atoms with E-state index in [9.17, 15) is 4.79 Å². The number of carbonyl (C=O) groups excluding carboxylic acids is 1. The van der Waals surface area contributed by atoms with Crippen molar-refractivity contribution in [3.8, 4) is 0 Å². The molecule has 0 aliphatic heterocycles. The Morgan fingerprint density at radius 1 is 1.39 bits per heavy atom. The highest BCUT2D eigenvalue weighted by atomic mass is 16.5. The Bertz CT molecular complexity index is 996. The predicted octanol–water partition coefficient (Wildman–Crippen LogP) is 3.85. The van der Waals surface area contributed by atoms with Crippen molar-refractivity contribution in [1.82, 2.24) is 9.97 Å². The summed E-state index contributed by atoms with van der Waals surface area (Å²) in [5.41, 5.74) is 11.7. The van der Waals surface area contributed by atoms with E-state index in [1.165, 1.54) is 13.2 Å². The number of para-hydroxylation sites is 1. The summed E-state index contributed by atoms with van der Waals surface area (Å²) in [5, 5.41) is 5.42. The molecule has 2 aromatic heterocycles. The van der Waals surface area contributed by atoms with E-state index in [0.717, 1.165) is 27.5 Å². The van der Waals surface area contributed by atoms with Crippen molar-refractivity contribution in [3.05, 3.63) is 57.9 Å². The SMILES string of the molecule is COC(=O)/C(=C/c1cc2c([nH]c3ccccc32)c(C)n1)N=[N+]=[N-]. The van der Waals surface area contributed by atoms with Gasteiger partial charge in [-0.05, 0) is 30.7 Å². The monoisotopic (exact) mass is 307 g/mol. The number of methoxy groups -OCH3 is 1. The number of H-pyrrole nitrogens is 1. The van der Waals surface area contributed by atoms with Crippen LogP contribution in [0.15, 0.2) is 41.1 Å². The largest absolute Gasteiger partial charge is 0.466 e. The van der Waals surface area contributed by atoms with Gasteiger partial charge in [-0.2, -0.15) is 0 Å². The molecule has 0 spiro atoms. The van der Waals surface area contributed by atoms with Crippen LogP contribution in [0.1, 0.15) is 11.4 Å². The molecule has 114 valence electrons. The van der Waals surface area contributed by atoms with Crippen molar-refractivity contribution in [2.75, 3.05) is 7.11 Å². The Morgan fingerprint density at radius 2 is 2.17 bits per heavy atom. The van der Waals surface area contributed by atoms with Gasteiger partial charge in [0, 0.05) is 21.2 Å². The number of aromatic nitrogens is 2. The zero-order valence-electron chi connectivity index (χ0n) is 12.6. The molecule has 0 saturated carbocycles. The average Bonchev–Trinajstić information content (AvgIpc) is 2.93. The summed E-state index contributed by atoms with van der Waals surface area (Å²) in [4.78, 5) is 22.0. The molecule has 7 nitrogen and oxygen atoms in total. The van der Waals surface area contributed by atoms with Crippen LogP contribution < -0.4 is 0 Å². The second kappa shape index (κ2) is 5.82. The molecule has 1 aromatic carbocycles. The fourth-order valence-electron chi connectivity index (χ4n) is 2.52. The van der Waals surface area contributed by atoms with Crippen molar-refractivity contribution in [2.45, 2.75) is 6.92 Å². The van der Waals surface area contributed by atoms with Crippen molar-refractivity contribution < 1.29 is 9.53 Å².